The maximum absolute atomic E-state index is 12.6. The largest absolute Gasteiger partial charge is 0.458 e. The molecule has 0 unspecified atom stereocenters. The van der Waals surface area contributed by atoms with E-state index in [0.29, 0.717) is 11.5 Å². The van der Waals surface area contributed by atoms with E-state index >= 15 is 0 Å². The Bertz CT molecular complexity index is 776. The lowest BCUT2D eigenvalue weighted by molar-refractivity contribution is 0.00996. The fourth-order valence-corrected chi connectivity index (χ4v) is 4.90. The van der Waals surface area contributed by atoms with E-state index in [2.05, 4.69) is 12.1 Å². The smallest absolute Gasteiger partial charge is 0.338 e. The summed E-state index contributed by atoms with van der Waals surface area (Å²) in [7, 11) is 0. The Morgan fingerprint density at radius 1 is 1.07 bits per heavy atom. The fourth-order valence-electron chi connectivity index (χ4n) is 4.90. The number of esters is 1. The molecule has 0 aromatic heterocycles. The predicted molar refractivity (Wildman–Crippen MR) is 112 cm³/mol. The number of hydrogen-bond acceptors (Lipinski definition) is 4. The van der Waals surface area contributed by atoms with Crippen molar-refractivity contribution in [2.45, 2.75) is 56.8 Å². The molecule has 0 amide bonds. The number of fused-ring (bicyclic) bond motifs is 1. The molecule has 154 valence electrons. The van der Waals surface area contributed by atoms with E-state index in [4.69, 9.17) is 9.47 Å². The van der Waals surface area contributed by atoms with Crippen molar-refractivity contribution in [3.8, 4) is 0 Å². The molecule has 1 aliphatic carbocycles. The van der Waals surface area contributed by atoms with Crippen molar-refractivity contribution in [1.29, 1.82) is 0 Å². The molecule has 2 aromatic carbocycles. The van der Waals surface area contributed by atoms with E-state index in [-0.39, 0.29) is 30.2 Å². The Hall–Kier alpha value is -2.17. The van der Waals surface area contributed by atoms with Crippen molar-refractivity contribution >= 4 is 5.97 Å². The first kappa shape index (κ1) is 20.1. The van der Waals surface area contributed by atoms with Gasteiger partial charge in [-0.15, -0.1) is 0 Å². The van der Waals surface area contributed by atoms with E-state index in [0.717, 1.165) is 45.1 Å². The highest BCUT2D eigenvalue weighted by Gasteiger charge is 2.48. The first-order chi connectivity index (χ1) is 14.2. The molecule has 4 rings (SSSR count). The lowest BCUT2D eigenvalue weighted by atomic mass is 9.87. The Balaban J connectivity index is 1.32. The molecule has 0 spiro atoms. The van der Waals surface area contributed by atoms with Gasteiger partial charge in [0.1, 0.15) is 6.10 Å². The number of aliphatic hydroxyl groups excluding tert-OH is 1. The van der Waals surface area contributed by atoms with Crippen molar-refractivity contribution in [3.63, 3.8) is 0 Å². The van der Waals surface area contributed by atoms with Crippen molar-refractivity contribution in [1.82, 2.24) is 0 Å². The molecule has 29 heavy (non-hydrogen) atoms. The van der Waals surface area contributed by atoms with E-state index in [9.17, 15) is 9.90 Å². The van der Waals surface area contributed by atoms with Crippen LogP contribution in [0.4, 0.5) is 0 Å². The number of rotatable bonds is 8. The van der Waals surface area contributed by atoms with Crippen molar-refractivity contribution in [2.75, 3.05) is 6.61 Å². The van der Waals surface area contributed by atoms with E-state index in [1.807, 2.05) is 36.4 Å². The molecule has 0 radical (unpaired) electrons. The molecular formula is C25H30O4. The van der Waals surface area contributed by atoms with Gasteiger partial charge in [-0.1, -0.05) is 48.5 Å². The maximum Gasteiger partial charge on any atom is 0.338 e. The highest BCUT2D eigenvalue weighted by atomic mass is 16.5. The molecule has 1 saturated heterocycles. The molecule has 2 fully saturated rings. The number of benzene rings is 2. The molecule has 1 saturated carbocycles. The summed E-state index contributed by atoms with van der Waals surface area (Å²) >= 11 is 0. The molecule has 2 aliphatic rings. The van der Waals surface area contributed by atoms with Crippen LogP contribution in [0.1, 0.15) is 48.0 Å². The van der Waals surface area contributed by atoms with Crippen LogP contribution < -0.4 is 0 Å². The summed E-state index contributed by atoms with van der Waals surface area (Å²) in [6, 6.07) is 19.5. The number of aliphatic hydroxyl groups is 1. The summed E-state index contributed by atoms with van der Waals surface area (Å²) in [5.41, 5.74) is 1.85. The fraction of sp³-hybridized carbons (Fsp3) is 0.480. The van der Waals surface area contributed by atoms with Gasteiger partial charge in [0.2, 0.25) is 0 Å². The number of hydrogen-bond donors (Lipinski definition) is 1. The topological polar surface area (TPSA) is 55.8 Å². The monoisotopic (exact) mass is 394 g/mol. The van der Waals surface area contributed by atoms with E-state index in [1.54, 1.807) is 12.1 Å². The summed E-state index contributed by atoms with van der Waals surface area (Å²) in [6.07, 6.45) is 4.77. The minimum absolute atomic E-state index is 0.126. The van der Waals surface area contributed by atoms with Gasteiger partial charge < -0.3 is 14.6 Å². The van der Waals surface area contributed by atoms with Gasteiger partial charge >= 0.3 is 5.97 Å². The first-order valence-electron chi connectivity index (χ1n) is 10.8. The second-order valence-corrected chi connectivity index (χ2v) is 8.33. The van der Waals surface area contributed by atoms with Crippen LogP contribution in [0, 0.1) is 11.8 Å². The van der Waals surface area contributed by atoms with Crippen LogP contribution in [0.2, 0.25) is 0 Å². The first-order valence-corrected chi connectivity index (χ1v) is 10.8. The van der Waals surface area contributed by atoms with Crippen LogP contribution in [0.5, 0.6) is 0 Å². The summed E-state index contributed by atoms with van der Waals surface area (Å²) < 4.78 is 11.8. The summed E-state index contributed by atoms with van der Waals surface area (Å²) in [5.74, 6) is 0.441. The zero-order valence-electron chi connectivity index (χ0n) is 16.8. The third kappa shape index (κ3) is 5.06. The second-order valence-electron chi connectivity index (χ2n) is 8.33. The molecule has 2 aromatic rings. The zero-order chi connectivity index (χ0) is 20.1. The van der Waals surface area contributed by atoms with Gasteiger partial charge in [-0.05, 0) is 55.7 Å². The molecule has 1 N–H and O–H groups in total. The van der Waals surface area contributed by atoms with Gasteiger partial charge in [-0.2, -0.15) is 0 Å². The normalized spacial score (nSPS) is 26.8. The second kappa shape index (κ2) is 9.55. The molecule has 5 atom stereocenters. The SMILES string of the molecule is O=C(O[C@@H]1C[C@@H]2OCC[C@@H]2[C@H]1CC[C@@H](O)CCc1ccccc1)c1ccccc1. The molecule has 4 heteroatoms. The Morgan fingerprint density at radius 3 is 2.55 bits per heavy atom. The Morgan fingerprint density at radius 2 is 1.79 bits per heavy atom. The number of ether oxygens (including phenoxy) is 2. The van der Waals surface area contributed by atoms with Crippen LogP contribution in [-0.2, 0) is 15.9 Å². The third-order valence-electron chi connectivity index (χ3n) is 6.46. The molecular weight excluding hydrogens is 364 g/mol. The highest BCUT2D eigenvalue weighted by molar-refractivity contribution is 5.89. The molecule has 1 heterocycles. The number of carbonyl (C=O) groups excluding carboxylic acids is 1. The van der Waals surface area contributed by atoms with Crippen LogP contribution in [0.15, 0.2) is 60.7 Å². The van der Waals surface area contributed by atoms with Crippen molar-refractivity contribution in [2.24, 2.45) is 11.8 Å². The van der Waals surface area contributed by atoms with Gasteiger partial charge in [-0.25, -0.2) is 4.79 Å². The van der Waals surface area contributed by atoms with Crippen molar-refractivity contribution < 1.29 is 19.4 Å². The average Bonchev–Trinajstić information content (AvgIpc) is 3.33. The van der Waals surface area contributed by atoms with Gasteiger partial charge in [-0.3, -0.25) is 0 Å². The minimum Gasteiger partial charge on any atom is -0.458 e. The van der Waals surface area contributed by atoms with Crippen LogP contribution in [0.25, 0.3) is 0 Å². The minimum atomic E-state index is -0.331. The Kier molecular flexibility index (Phi) is 6.63. The zero-order valence-corrected chi connectivity index (χ0v) is 16.8. The summed E-state index contributed by atoms with van der Waals surface area (Å²) in [4.78, 5) is 12.6. The van der Waals surface area contributed by atoms with Gasteiger partial charge in [0.25, 0.3) is 0 Å². The van der Waals surface area contributed by atoms with Crippen LogP contribution in [0.3, 0.4) is 0 Å². The van der Waals surface area contributed by atoms with Gasteiger partial charge in [0.15, 0.2) is 0 Å². The van der Waals surface area contributed by atoms with Gasteiger partial charge in [0.05, 0.1) is 17.8 Å². The lowest BCUT2D eigenvalue weighted by Crippen LogP contribution is -2.27. The van der Waals surface area contributed by atoms with E-state index < -0.39 is 0 Å². The van der Waals surface area contributed by atoms with Crippen molar-refractivity contribution in [3.05, 3.63) is 71.8 Å². The van der Waals surface area contributed by atoms with Crippen LogP contribution >= 0.6 is 0 Å². The predicted octanol–water partition coefficient (Wildman–Crippen LogP) is 4.41. The third-order valence-corrected chi connectivity index (χ3v) is 6.46. The Labute approximate surface area is 172 Å². The number of carbonyl (C=O) groups is 1. The molecule has 4 nitrogen and oxygen atoms in total. The quantitative estimate of drug-likeness (QED) is 0.674. The number of aryl methyl sites for hydroxylation is 1. The van der Waals surface area contributed by atoms with Crippen LogP contribution in [-0.4, -0.2) is 36.0 Å². The molecule has 0 bridgehead atoms. The molecule has 1 aliphatic heterocycles. The standard InChI is InChI=1S/C25H30O4/c26-20(12-11-18-7-3-1-4-8-18)13-14-21-22-15-16-28-23(22)17-24(21)29-25(27)19-9-5-2-6-10-19/h1-10,20-24,26H,11-17H2/t20-,21+,22+,23-,24+/m0/s1. The average molecular weight is 395 g/mol. The van der Waals surface area contributed by atoms with E-state index in [1.165, 1.54) is 5.56 Å². The summed E-state index contributed by atoms with van der Waals surface area (Å²) in [5, 5.41) is 10.5. The maximum atomic E-state index is 12.6. The summed E-state index contributed by atoms with van der Waals surface area (Å²) in [6.45, 7) is 0.793. The highest BCUT2D eigenvalue weighted by Crippen LogP contribution is 2.44. The lowest BCUT2D eigenvalue weighted by Gasteiger charge is -2.24. The van der Waals surface area contributed by atoms with Gasteiger partial charge in [0, 0.05) is 18.9 Å².